The van der Waals surface area contributed by atoms with Crippen molar-refractivity contribution in [2.45, 2.75) is 5.92 Å². The number of aromatic nitrogens is 2. The average Bonchev–Trinajstić information content (AvgIpc) is 2.52. The Morgan fingerprint density at radius 2 is 1.76 bits per heavy atom. The number of benzene rings is 2. The molecule has 5 heteroatoms. The lowest BCUT2D eigenvalue weighted by atomic mass is 9.94. The third-order valence-electron chi connectivity index (χ3n) is 3.33. The molecule has 0 unspecified atom stereocenters. The summed E-state index contributed by atoms with van der Waals surface area (Å²) >= 11 is 5.88. The Morgan fingerprint density at radius 1 is 1.10 bits per heavy atom. The van der Waals surface area contributed by atoms with Gasteiger partial charge in [0.1, 0.15) is 5.92 Å². The highest BCUT2D eigenvalue weighted by Crippen LogP contribution is 2.27. The molecule has 21 heavy (non-hydrogen) atoms. The largest absolute Gasteiger partial charge is 0.272 e. The summed E-state index contributed by atoms with van der Waals surface area (Å²) in [5.74, 6) is -0.566. The Kier molecular flexibility index (Phi) is 3.43. The summed E-state index contributed by atoms with van der Waals surface area (Å²) in [5, 5.41) is 17.9. The fraction of sp³-hybridized carbons (Fsp3) is 0.0625. The number of nitrogens with one attached hydrogen (secondary N) is 1. The molecule has 0 fully saturated rings. The van der Waals surface area contributed by atoms with Gasteiger partial charge in [-0.15, -0.1) is 0 Å². The molecule has 0 aliphatic rings. The highest BCUT2D eigenvalue weighted by molar-refractivity contribution is 6.30. The van der Waals surface area contributed by atoms with E-state index in [2.05, 4.69) is 16.3 Å². The van der Waals surface area contributed by atoms with Crippen LogP contribution in [0.4, 0.5) is 0 Å². The number of hydrogen-bond acceptors (Lipinski definition) is 3. The topological polar surface area (TPSA) is 69.5 Å². The van der Waals surface area contributed by atoms with Crippen LogP contribution in [-0.2, 0) is 0 Å². The van der Waals surface area contributed by atoms with Crippen LogP contribution in [0.5, 0.6) is 0 Å². The predicted octanol–water partition coefficient (Wildman–Crippen LogP) is 3.23. The molecular weight excluding hydrogens is 286 g/mol. The van der Waals surface area contributed by atoms with Crippen molar-refractivity contribution >= 4 is 22.4 Å². The molecule has 0 amide bonds. The number of halogens is 1. The van der Waals surface area contributed by atoms with Crippen LogP contribution in [0.2, 0.25) is 5.02 Å². The molecule has 0 saturated carbocycles. The molecule has 102 valence electrons. The van der Waals surface area contributed by atoms with Crippen LogP contribution in [0.25, 0.3) is 10.8 Å². The lowest BCUT2D eigenvalue weighted by Gasteiger charge is -2.11. The lowest BCUT2D eigenvalue weighted by Crippen LogP contribution is -2.13. The van der Waals surface area contributed by atoms with Gasteiger partial charge in [-0.3, -0.25) is 4.79 Å². The zero-order chi connectivity index (χ0) is 14.8. The van der Waals surface area contributed by atoms with Gasteiger partial charge in [0.05, 0.1) is 17.1 Å². The van der Waals surface area contributed by atoms with E-state index in [9.17, 15) is 10.1 Å². The van der Waals surface area contributed by atoms with Gasteiger partial charge in [-0.05, 0) is 23.8 Å². The molecule has 0 spiro atoms. The van der Waals surface area contributed by atoms with Gasteiger partial charge in [-0.2, -0.15) is 10.4 Å². The van der Waals surface area contributed by atoms with Crippen molar-refractivity contribution in [3.63, 3.8) is 0 Å². The second-order valence-electron chi connectivity index (χ2n) is 4.60. The zero-order valence-corrected chi connectivity index (χ0v) is 11.6. The van der Waals surface area contributed by atoms with Crippen molar-refractivity contribution in [3.8, 4) is 6.07 Å². The first-order valence-electron chi connectivity index (χ1n) is 6.33. The molecule has 0 aliphatic carbocycles. The van der Waals surface area contributed by atoms with Crippen LogP contribution >= 0.6 is 11.6 Å². The number of nitrogens with zero attached hydrogens (tertiary/aromatic N) is 2. The summed E-state index contributed by atoms with van der Waals surface area (Å²) in [6, 6.07) is 16.4. The molecule has 2 aromatic carbocycles. The van der Waals surface area contributed by atoms with Gasteiger partial charge < -0.3 is 0 Å². The third-order valence-corrected chi connectivity index (χ3v) is 3.58. The summed E-state index contributed by atoms with van der Waals surface area (Å²) in [5.41, 5.74) is 1.06. The quantitative estimate of drug-likeness (QED) is 0.789. The SMILES string of the molecule is N#C[C@@H](c1ccc(Cl)cc1)c1n[nH]c(=O)c2ccccc12. The summed E-state index contributed by atoms with van der Waals surface area (Å²) < 4.78 is 0. The summed E-state index contributed by atoms with van der Waals surface area (Å²) in [7, 11) is 0. The molecule has 1 aromatic heterocycles. The Balaban J connectivity index is 2.23. The smallest absolute Gasteiger partial charge is 0.267 e. The van der Waals surface area contributed by atoms with Crippen molar-refractivity contribution in [1.29, 1.82) is 5.26 Å². The van der Waals surface area contributed by atoms with Crippen molar-refractivity contribution in [2.24, 2.45) is 0 Å². The van der Waals surface area contributed by atoms with E-state index < -0.39 is 5.92 Å². The lowest BCUT2D eigenvalue weighted by molar-refractivity contribution is 0.888. The number of fused-ring (bicyclic) bond motifs is 1. The molecule has 4 nitrogen and oxygen atoms in total. The number of rotatable bonds is 2. The Labute approximate surface area is 125 Å². The predicted molar refractivity (Wildman–Crippen MR) is 81.3 cm³/mol. The minimum Gasteiger partial charge on any atom is -0.267 e. The highest BCUT2D eigenvalue weighted by Gasteiger charge is 2.19. The fourth-order valence-electron chi connectivity index (χ4n) is 2.30. The number of aromatic amines is 1. The highest BCUT2D eigenvalue weighted by atomic mass is 35.5. The molecule has 0 aliphatic heterocycles. The Hall–Kier alpha value is -2.64. The van der Waals surface area contributed by atoms with E-state index in [1.54, 1.807) is 42.5 Å². The zero-order valence-electron chi connectivity index (χ0n) is 10.9. The van der Waals surface area contributed by atoms with Crippen molar-refractivity contribution in [1.82, 2.24) is 10.2 Å². The van der Waals surface area contributed by atoms with Gasteiger partial charge in [-0.1, -0.05) is 41.9 Å². The first kappa shape index (κ1) is 13.3. The minimum atomic E-state index is -0.566. The second-order valence-corrected chi connectivity index (χ2v) is 5.03. The van der Waals surface area contributed by atoms with Gasteiger partial charge in [0, 0.05) is 10.4 Å². The molecular formula is C16H10ClN3O. The Bertz CT molecular complexity index is 894. The van der Waals surface area contributed by atoms with E-state index in [0.29, 0.717) is 21.5 Å². The first-order valence-corrected chi connectivity index (χ1v) is 6.71. The second kappa shape index (κ2) is 5.39. The molecule has 1 heterocycles. The fourth-order valence-corrected chi connectivity index (χ4v) is 2.43. The molecule has 3 rings (SSSR count). The van der Waals surface area contributed by atoms with Crippen LogP contribution < -0.4 is 5.56 Å². The maximum atomic E-state index is 11.8. The van der Waals surface area contributed by atoms with Crippen LogP contribution in [0.1, 0.15) is 17.2 Å². The van der Waals surface area contributed by atoms with Gasteiger partial charge in [0.15, 0.2) is 0 Å². The number of H-pyrrole nitrogens is 1. The normalized spacial score (nSPS) is 12.0. The molecule has 0 bridgehead atoms. The Morgan fingerprint density at radius 3 is 2.43 bits per heavy atom. The molecule has 0 radical (unpaired) electrons. The molecule has 1 atom stereocenters. The molecule has 0 saturated heterocycles. The average molecular weight is 296 g/mol. The summed E-state index contributed by atoms with van der Waals surface area (Å²) in [6.45, 7) is 0. The van der Waals surface area contributed by atoms with E-state index in [-0.39, 0.29) is 5.56 Å². The summed E-state index contributed by atoms with van der Waals surface area (Å²) in [4.78, 5) is 11.8. The number of hydrogen-bond donors (Lipinski definition) is 1. The van der Waals surface area contributed by atoms with Crippen molar-refractivity contribution in [2.75, 3.05) is 0 Å². The van der Waals surface area contributed by atoms with E-state index in [4.69, 9.17) is 11.6 Å². The van der Waals surface area contributed by atoms with E-state index in [1.807, 2.05) is 6.07 Å². The van der Waals surface area contributed by atoms with Crippen LogP contribution in [0.3, 0.4) is 0 Å². The van der Waals surface area contributed by atoms with Crippen molar-refractivity contribution < 1.29 is 0 Å². The summed E-state index contributed by atoms with van der Waals surface area (Å²) in [6.07, 6.45) is 0. The van der Waals surface area contributed by atoms with Crippen LogP contribution in [0.15, 0.2) is 53.3 Å². The van der Waals surface area contributed by atoms with Crippen LogP contribution in [0, 0.1) is 11.3 Å². The monoisotopic (exact) mass is 295 g/mol. The number of nitriles is 1. The van der Waals surface area contributed by atoms with Gasteiger partial charge in [0.2, 0.25) is 0 Å². The van der Waals surface area contributed by atoms with Crippen LogP contribution in [-0.4, -0.2) is 10.2 Å². The third kappa shape index (κ3) is 2.39. The maximum absolute atomic E-state index is 11.8. The van der Waals surface area contributed by atoms with E-state index in [1.165, 1.54) is 0 Å². The van der Waals surface area contributed by atoms with E-state index >= 15 is 0 Å². The first-order chi connectivity index (χ1) is 10.2. The molecule has 1 N–H and O–H groups in total. The molecule has 3 aromatic rings. The van der Waals surface area contributed by atoms with Gasteiger partial charge in [-0.25, -0.2) is 5.10 Å². The van der Waals surface area contributed by atoms with Gasteiger partial charge >= 0.3 is 0 Å². The minimum absolute atomic E-state index is 0.262. The van der Waals surface area contributed by atoms with Crippen molar-refractivity contribution in [3.05, 3.63) is 75.2 Å². The maximum Gasteiger partial charge on any atom is 0.272 e. The van der Waals surface area contributed by atoms with Gasteiger partial charge in [0.25, 0.3) is 5.56 Å². The standard InChI is InChI=1S/C16H10ClN3O/c17-11-7-5-10(6-8-11)14(9-18)15-12-3-1-2-4-13(12)16(21)20-19-15/h1-8,14H,(H,20,21)/t14-/m0/s1. The van der Waals surface area contributed by atoms with E-state index in [0.717, 1.165) is 5.56 Å².